The molecule has 0 aromatic carbocycles. The highest BCUT2D eigenvalue weighted by Crippen LogP contribution is 2.21. The van der Waals surface area contributed by atoms with E-state index in [-0.39, 0.29) is 17.7 Å². The zero-order valence-electron chi connectivity index (χ0n) is 11.0. The number of hydrogen-bond donors (Lipinski definition) is 2. The maximum Gasteiger partial charge on any atom is 0.245 e. The van der Waals surface area contributed by atoms with Crippen LogP contribution in [-0.4, -0.2) is 41.9 Å². The van der Waals surface area contributed by atoms with Crippen LogP contribution in [0.2, 0.25) is 0 Å². The predicted octanol–water partition coefficient (Wildman–Crippen LogP) is 0.0984. The summed E-state index contributed by atoms with van der Waals surface area (Å²) in [6, 6.07) is 0. The van der Waals surface area contributed by atoms with E-state index in [1.807, 2.05) is 6.92 Å². The lowest BCUT2D eigenvalue weighted by Crippen LogP contribution is -2.64. The zero-order chi connectivity index (χ0) is 13.1. The van der Waals surface area contributed by atoms with Crippen molar-refractivity contribution in [1.29, 1.82) is 0 Å². The number of nitrogens with zero attached hydrogens (tertiary/aromatic N) is 1. The Morgan fingerprint density at radius 3 is 2.76 bits per heavy atom. The number of carbonyl (C=O) groups excluding carboxylic acids is 2. The van der Waals surface area contributed by atoms with Crippen LogP contribution < -0.4 is 11.1 Å². The average molecular weight is 241 g/mol. The van der Waals surface area contributed by atoms with Crippen LogP contribution in [-0.2, 0) is 9.59 Å². The van der Waals surface area contributed by atoms with Crippen LogP contribution in [0.15, 0.2) is 0 Å². The van der Waals surface area contributed by atoms with Crippen molar-refractivity contribution in [2.24, 2.45) is 11.7 Å². The van der Waals surface area contributed by atoms with Crippen molar-refractivity contribution < 1.29 is 9.59 Å². The monoisotopic (exact) mass is 241 g/mol. The molecule has 0 bridgehead atoms. The number of carbonyl (C=O) groups is 2. The lowest BCUT2D eigenvalue weighted by Gasteiger charge is -2.42. The van der Waals surface area contributed by atoms with Crippen molar-refractivity contribution in [3.05, 3.63) is 0 Å². The van der Waals surface area contributed by atoms with Gasteiger partial charge in [0, 0.05) is 19.6 Å². The molecule has 1 heterocycles. The molecular weight excluding hydrogens is 218 g/mol. The molecular formula is C12H23N3O2. The van der Waals surface area contributed by atoms with Crippen molar-refractivity contribution in [2.75, 3.05) is 19.6 Å². The standard InChI is InChI=1S/C12H23N3O2/c1-4-5-9(8-13)10(16)15-7-6-14-11(17)12(15,2)3/h9H,4-8,13H2,1-3H3,(H,14,17). The Hall–Kier alpha value is -1.10. The fourth-order valence-corrected chi connectivity index (χ4v) is 2.20. The van der Waals surface area contributed by atoms with Crippen LogP contribution >= 0.6 is 0 Å². The van der Waals surface area contributed by atoms with Gasteiger partial charge in [0.15, 0.2) is 0 Å². The molecule has 1 atom stereocenters. The molecule has 0 radical (unpaired) electrons. The van der Waals surface area contributed by atoms with E-state index in [0.29, 0.717) is 19.6 Å². The number of amides is 2. The summed E-state index contributed by atoms with van der Waals surface area (Å²) in [6.07, 6.45) is 1.71. The van der Waals surface area contributed by atoms with Gasteiger partial charge in [-0.25, -0.2) is 0 Å². The van der Waals surface area contributed by atoms with Gasteiger partial charge < -0.3 is 16.0 Å². The number of rotatable bonds is 4. The van der Waals surface area contributed by atoms with E-state index in [1.54, 1.807) is 18.7 Å². The van der Waals surface area contributed by atoms with E-state index < -0.39 is 5.54 Å². The molecule has 0 aromatic heterocycles. The van der Waals surface area contributed by atoms with Crippen molar-refractivity contribution in [2.45, 2.75) is 39.2 Å². The summed E-state index contributed by atoms with van der Waals surface area (Å²) in [5.74, 6) is -0.247. The van der Waals surface area contributed by atoms with Gasteiger partial charge in [-0.2, -0.15) is 0 Å². The summed E-state index contributed by atoms with van der Waals surface area (Å²) in [6.45, 7) is 7.03. The number of nitrogens with two attached hydrogens (primary N) is 1. The maximum absolute atomic E-state index is 12.3. The summed E-state index contributed by atoms with van der Waals surface area (Å²) >= 11 is 0. The lowest BCUT2D eigenvalue weighted by atomic mass is 9.94. The zero-order valence-corrected chi connectivity index (χ0v) is 11.0. The van der Waals surface area contributed by atoms with E-state index in [9.17, 15) is 9.59 Å². The van der Waals surface area contributed by atoms with Crippen LogP contribution in [0.1, 0.15) is 33.6 Å². The molecule has 2 amide bonds. The molecule has 5 nitrogen and oxygen atoms in total. The summed E-state index contributed by atoms with van der Waals surface area (Å²) in [5, 5.41) is 2.78. The Balaban J connectivity index is 2.82. The first-order chi connectivity index (χ1) is 7.95. The summed E-state index contributed by atoms with van der Waals surface area (Å²) in [7, 11) is 0. The predicted molar refractivity (Wildman–Crippen MR) is 66.3 cm³/mol. The quantitative estimate of drug-likeness (QED) is 0.733. The highest BCUT2D eigenvalue weighted by Gasteiger charge is 2.41. The Labute approximate surface area is 103 Å². The molecule has 1 unspecified atom stereocenters. The molecule has 1 rings (SSSR count). The van der Waals surface area contributed by atoms with Crippen molar-refractivity contribution >= 4 is 11.8 Å². The van der Waals surface area contributed by atoms with Gasteiger partial charge in [-0.05, 0) is 20.3 Å². The third kappa shape index (κ3) is 2.77. The molecule has 3 N–H and O–H groups in total. The van der Waals surface area contributed by atoms with Crippen LogP contribution in [0.5, 0.6) is 0 Å². The normalized spacial score (nSPS) is 20.9. The molecule has 17 heavy (non-hydrogen) atoms. The second kappa shape index (κ2) is 5.49. The van der Waals surface area contributed by atoms with Gasteiger partial charge in [0.25, 0.3) is 0 Å². The van der Waals surface area contributed by atoms with Crippen LogP contribution in [0.4, 0.5) is 0 Å². The molecule has 1 saturated heterocycles. The average Bonchev–Trinajstić information content (AvgIpc) is 2.28. The van der Waals surface area contributed by atoms with Gasteiger partial charge in [-0.3, -0.25) is 9.59 Å². The van der Waals surface area contributed by atoms with Crippen LogP contribution in [0.3, 0.4) is 0 Å². The fourth-order valence-electron chi connectivity index (χ4n) is 2.20. The Kier molecular flexibility index (Phi) is 4.51. The minimum Gasteiger partial charge on any atom is -0.352 e. The third-order valence-electron chi connectivity index (χ3n) is 3.39. The topological polar surface area (TPSA) is 75.4 Å². The lowest BCUT2D eigenvalue weighted by molar-refractivity contribution is -0.152. The van der Waals surface area contributed by atoms with Gasteiger partial charge in [-0.1, -0.05) is 13.3 Å². The van der Waals surface area contributed by atoms with E-state index in [1.165, 1.54) is 0 Å². The van der Waals surface area contributed by atoms with E-state index in [4.69, 9.17) is 5.73 Å². The van der Waals surface area contributed by atoms with E-state index in [2.05, 4.69) is 5.32 Å². The number of nitrogens with one attached hydrogen (secondary N) is 1. The van der Waals surface area contributed by atoms with Gasteiger partial charge in [0.1, 0.15) is 5.54 Å². The largest absolute Gasteiger partial charge is 0.352 e. The van der Waals surface area contributed by atoms with Crippen LogP contribution in [0, 0.1) is 5.92 Å². The Morgan fingerprint density at radius 2 is 2.24 bits per heavy atom. The molecule has 1 aliphatic rings. The highest BCUT2D eigenvalue weighted by atomic mass is 16.2. The second-order valence-electron chi connectivity index (χ2n) is 5.03. The maximum atomic E-state index is 12.3. The fraction of sp³-hybridized carbons (Fsp3) is 0.833. The Bertz CT molecular complexity index is 302. The van der Waals surface area contributed by atoms with Crippen molar-refractivity contribution in [1.82, 2.24) is 10.2 Å². The molecule has 1 aliphatic heterocycles. The summed E-state index contributed by atoms with van der Waals surface area (Å²) in [5.41, 5.74) is 4.87. The molecule has 1 fully saturated rings. The van der Waals surface area contributed by atoms with E-state index in [0.717, 1.165) is 12.8 Å². The highest BCUT2D eigenvalue weighted by molar-refractivity contribution is 5.92. The minimum atomic E-state index is -0.767. The molecule has 0 spiro atoms. The minimum absolute atomic E-state index is 0.00852. The van der Waals surface area contributed by atoms with Gasteiger partial charge in [0.05, 0.1) is 5.92 Å². The number of piperazine rings is 1. The smallest absolute Gasteiger partial charge is 0.245 e. The molecule has 98 valence electrons. The summed E-state index contributed by atoms with van der Waals surface area (Å²) in [4.78, 5) is 25.8. The van der Waals surface area contributed by atoms with Crippen LogP contribution in [0.25, 0.3) is 0 Å². The first-order valence-electron chi connectivity index (χ1n) is 6.25. The van der Waals surface area contributed by atoms with Gasteiger partial charge in [0.2, 0.25) is 11.8 Å². The summed E-state index contributed by atoms with van der Waals surface area (Å²) < 4.78 is 0. The van der Waals surface area contributed by atoms with Crippen molar-refractivity contribution in [3.8, 4) is 0 Å². The molecule has 5 heteroatoms. The molecule has 0 aromatic rings. The van der Waals surface area contributed by atoms with E-state index >= 15 is 0 Å². The van der Waals surface area contributed by atoms with Gasteiger partial charge in [-0.15, -0.1) is 0 Å². The second-order valence-corrected chi connectivity index (χ2v) is 5.03. The molecule has 0 saturated carbocycles. The number of hydrogen-bond acceptors (Lipinski definition) is 3. The first-order valence-corrected chi connectivity index (χ1v) is 6.25. The first kappa shape index (κ1) is 14.0. The van der Waals surface area contributed by atoms with Gasteiger partial charge >= 0.3 is 0 Å². The SMILES string of the molecule is CCCC(CN)C(=O)N1CCNC(=O)C1(C)C. The molecule has 0 aliphatic carbocycles. The van der Waals surface area contributed by atoms with Crippen molar-refractivity contribution in [3.63, 3.8) is 0 Å². The Morgan fingerprint density at radius 1 is 1.59 bits per heavy atom. The third-order valence-corrected chi connectivity index (χ3v) is 3.39.